The van der Waals surface area contributed by atoms with Crippen molar-refractivity contribution in [2.24, 2.45) is 0 Å². The summed E-state index contributed by atoms with van der Waals surface area (Å²) in [5, 5.41) is 3.32. The molecule has 0 aromatic heterocycles. The molecule has 0 aromatic carbocycles. The third kappa shape index (κ3) is 3.49. The molecule has 0 atom stereocenters. The fraction of sp³-hybridized carbons (Fsp3) is 0.615. The topological polar surface area (TPSA) is 32.3 Å². The minimum Gasteiger partial charge on any atom is -0.339 e. The van der Waals surface area contributed by atoms with Gasteiger partial charge in [-0.05, 0) is 33.7 Å². The van der Waals surface area contributed by atoms with Crippen molar-refractivity contribution < 1.29 is 4.79 Å². The number of allylic oxidation sites excluding steroid dienone is 3. The smallest absolute Gasteiger partial charge is 0.246 e. The van der Waals surface area contributed by atoms with Crippen molar-refractivity contribution in [3.8, 4) is 0 Å². The first-order valence-electron chi connectivity index (χ1n) is 5.88. The van der Waals surface area contributed by atoms with Gasteiger partial charge in [0.1, 0.15) is 0 Å². The van der Waals surface area contributed by atoms with Crippen molar-refractivity contribution in [3.05, 3.63) is 24.3 Å². The molecule has 1 fully saturated rings. The average molecular weight is 222 g/mol. The van der Waals surface area contributed by atoms with Crippen molar-refractivity contribution in [1.82, 2.24) is 10.2 Å². The zero-order chi connectivity index (χ0) is 12.0. The molecule has 1 heterocycles. The Morgan fingerprint density at radius 1 is 1.31 bits per heavy atom. The van der Waals surface area contributed by atoms with E-state index in [2.05, 4.69) is 12.2 Å². The van der Waals surface area contributed by atoms with Crippen molar-refractivity contribution in [1.29, 1.82) is 0 Å². The fourth-order valence-electron chi connectivity index (χ4n) is 1.83. The second kappa shape index (κ2) is 5.85. The molecule has 1 amide bonds. The van der Waals surface area contributed by atoms with Gasteiger partial charge in [0.15, 0.2) is 0 Å². The first-order valence-corrected chi connectivity index (χ1v) is 5.88. The van der Waals surface area contributed by atoms with Gasteiger partial charge in [0.05, 0.1) is 0 Å². The molecule has 3 nitrogen and oxygen atoms in total. The maximum atomic E-state index is 11.8. The number of nitrogens with zero attached hydrogens (tertiary/aromatic N) is 1. The van der Waals surface area contributed by atoms with Crippen LogP contribution in [0.1, 0.15) is 26.7 Å². The highest BCUT2D eigenvalue weighted by atomic mass is 16.2. The predicted molar refractivity (Wildman–Crippen MR) is 67.2 cm³/mol. The van der Waals surface area contributed by atoms with Crippen LogP contribution in [0.2, 0.25) is 0 Å². The molecule has 0 aromatic rings. The highest BCUT2D eigenvalue weighted by Crippen LogP contribution is 2.21. The summed E-state index contributed by atoms with van der Waals surface area (Å²) in [6, 6.07) is 0. The number of carbonyl (C=O) groups excluding carboxylic acids is 1. The number of carbonyl (C=O) groups is 1. The van der Waals surface area contributed by atoms with Crippen LogP contribution in [0, 0.1) is 0 Å². The molecule has 0 saturated carbocycles. The summed E-state index contributed by atoms with van der Waals surface area (Å²) in [5.41, 5.74) is 0.198. The van der Waals surface area contributed by atoms with E-state index in [4.69, 9.17) is 0 Å². The number of piperidine rings is 1. The van der Waals surface area contributed by atoms with Gasteiger partial charge in [-0.15, -0.1) is 0 Å². The monoisotopic (exact) mass is 222 g/mol. The van der Waals surface area contributed by atoms with Crippen LogP contribution in [0.15, 0.2) is 24.3 Å². The zero-order valence-electron chi connectivity index (χ0n) is 10.5. The van der Waals surface area contributed by atoms with Gasteiger partial charge in [0, 0.05) is 24.7 Å². The molecule has 0 spiro atoms. The van der Waals surface area contributed by atoms with Crippen LogP contribution in [-0.2, 0) is 4.79 Å². The predicted octanol–water partition coefficient (Wildman–Crippen LogP) is 1.72. The van der Waals surface area contributed by atoms with E-state index in [1.165, 1.54) is 0 Å². The lowest BCUT2D eigenvalue weighted by Gasteiger charge is -2.38. The Morgan fingerprint density at radius 3 is 2.44 bits per heavy atom. The Labute approximate surface area is 98.2 Å². The van der Waals surface area contributed by atoms with Crippen LogP contribution >= 0.6 is 0 Å². The van der Waals surface area contributed by atoms with E-state index in [9.17, 15) is 4.79 Å². The van der Waals surface area contributed by atoms with Crippen molar-refractivity contribution in [2.75, 3.05) is 20.1 Å². The van der Waals surface area contributed by atoms with Crippen LogP contribution < -0.4 is 5.32 Å². The number of amides is 1. The highest BCUT2D eigenvalue weighted by molar-refractivity contribution is 5.87. The van der Waals surface area contributed by atoms with Gasteiger partial charge in [-0.25, -0.2) is 0 Å². The van der Waals surface area contributed by atoms with Crippen LogP contribution in [-0.4, -0.2) is 36.5 Å². The number of rotatable bonds is 3. The molecule has 16 heavy (non-hydrogen) atoms. The minimum atomic E-state index is 0.122. The third-order valence-corrected chi connectivity index (χ3v) is 3.32. The van der Waals surface area contributed by atoms with Gasteiger partial charge in [0.2, 0.25) is 5.91 Å². The van der Waals surface area contributed by atoms with E-state index in [0.717, 1.165) is 25.9 Å². The Bertz CT molecular complexity index is 286. The quantitative estimate of drug-likeness (QED) is 0.582. The lowest BCUT2D eigenvalue weighted by molar-refractivity contribution is -0.127. The van der Waals surface area contributed by atoms with Gasteiger partial charge in [-0.3, -0.25) is 4.79 Å². The van der Waals surface area contributed by atoms with Gasteiger partial charge in [-0.1, -0.05) is 18.2 Å². The molecular weight excluding hydrogens is 200 g/mol. The zero-order valence-corrected chi connectivity index (χ0v) is 10.5. The fourth-order valence-corrected chi connectivity index (χ4v) is 1.83. The molecule has 0 unspecified atom stereocenters. The van der Waals surface area contributed by atoms with E-state index in [0.29, 0.717) is 0 Å². The third-order valence-electron chi connectivity index (χ3n) is 3.32. The molecule has 1 saturated heterocycles. The van der Waals surface area contributed by atoms with Crippen LogP contribution in [0.25, 0.3) is 0 Å². The number of nitrogens with one attached hydrogen (secondary N) is 1. The standard InChI is InChI=1S/C13H22N2O/c1-4-5-6-7-12(16)15-10-8-13(2,14-3)9-11-15/h4-7,14H,8-11H2,1-3H3/b5-4?,7-6+. The van der Waals surface area contributed by atoms with E-state index in [1.807, 2.05) is 31.0 Å². The van der Waals surface area contributed by atoms with E-state index in [-0.39, 0.29) is 11.4 Å². The molecule has 1 N–H and O–H groups in total. The lowest BCUT2D eigenvalue weighted by Crippen LogP contribution is -2.51. The van der Waals surface area contributed by atoms with Gasteiger partial charge >= 0.3 is 0 Å². The molecule has 3 heteroatoms. The summed E-state index contributed by atoms with van der Waals surface area (Å²) in [6.45, 7) is 5.84. The normalized spacial score (nSPS) is 20.8. The summed E-state index contributed by atoms with van der Waals surface area (Å²) < 4.78 is 0. The van der Waals surface area contributed by atoms with Gasteiger partial charge in [0.25, 0.3) is 0 Å². The van der Waals surface area contributed by atoms with E-state index < -0.39 is 0 Å². The summed E-state index contributed by atoms with van der Waals surface area (Å²) in [7, 11) is 1.99. The molecule has 0 bridgehead atoms. The van der Waals surface area contributed by atoms with Crippen molar-refractivity contribution in [3.63, 3.8) is 0 Å². The molecule has 1 aliphatic heterocycles. The number of hydrogen-bond acceptors (Lipinski definition) is 2. The largest absolute Gasteiger partial charge is 0.339 e. The van der Waals surface area contributed by atoms with Gasteiger partial charge in [-0.2, -0.15) is 0 Å². The maximum Gasteiger partial charge on any atom is 0.246 e. The van der Waals surface area contributed by atoms with E-state index in [1.54, 1.807) is 12.2 Å². The molecule has 1 aliphatic rings. The van der Waals surface area contributed by atoms with Crippen molar-refractivity contribution >= 4 is 5.91 Å². The van der Waals surface area contributed by atoms with Crippen LogP contribution in [0.3, 0.4) is 0 Å². The number of likely N-dealkylation sites (tertiary alicyclic amines) is 1. The Hall–Kier alpha value is -1.09. The summed E-state index contributed by atoms with van der Waals surface area (Å²) in [6.07, 6.45) is 9.27. The highest BCUT2D eigenvalue weighted by Gasteiger charge is 2.29. The Balaban J connectivity index is 2.44. The summed E-state index contributed by atoms with van der Waals surface area (Å²) >= 11 is 0. The molecule has 90 valence electrons. The van der Waals surface area contributed by atoms with E-state index >= 15 is 0 Å². The summed E-state index contributed by atoms with van der Waals surface area (Å²) in [5.74, 6) is 0.122. The van der Waals surface area contributed by atoms with Crippen LogP contribution in [0.4, 0.5) is 0 Å². The Kier molecular flexibility index (Phi) is 4.74. The van der Waals surface area contributed by atoms with Gasteiger partial charge < -0.3 is 10.2 Å². The maximum absolute atomic E-state index is 11.8. The minimum absolute atomic E-state index is 0.122. The first-order chi connectivity index (χ1) is 7.61. The molecule has 0 aliphatic carbocycles. The average Bonchev–Trinajstić information content (AvgIpc) is 2.30. The Morgan fingerprint density at radius 2 is 1.94 bits per heavy atom. The van der Waals surface area contributed by atoms with Crippen molar-refractivity contribution in [2.45, 2.75) is 32.2 Å². The second-order valence-electron chi connectivity index (χ2n) is 4.52. The molecule has 0 radical (unpaired) electrons. The number of hydrogen-bond donors (Lipinski definition) is 1. The molecule has 1 rings (SSSR count). The SMILES string of the molecule is CC=C/C=C/C(=O)N1CCC(C)(NC)CC1. The summed E-state index contributed by atoms with van der Waals surface area (Å²) in [4.78, 5) is 13.7. The van der Waals surface area contributed by atoms with Crippen LogP contribution in [0.5, 0.6) is 0 Å². The molecular formula is C13H22N2O. The first kappa shape index (κ1) is 13.0. The second-order valence-corrected chi connectivity index (χ2v) is 4.52. The lowest BCUT2D eigenvalue weighted by atomic mass is 9.90.